The predicted molar refractivity (Wildman–Crippen MR) is 96.1 cm³/mol. The van der Waals surface area contributed by atoms with Crippen LogP contribution in [0.1, 0.15) is 40.0 Å². The van der Waals surface area contributed by atoms with E-state index >= 15 is 0 Å². The highest BCUT2D eigenvalue weighted by atomic mass is 16.7. The predicted octanol–water partition coefficient (Wildman–Crippen LogP) is 2.65. The fourth-order valence-electron chi connectivity index (χ4n) is 2.47. The number of hydrogen-bond donors (Lipinski definition) is 2. The molecule has 0 aliphatic carbocycles. The maximum atomic E-state index is 12.5. The van der Waals surface area contributed by atoms with Gasteiger partial charge >= 0.3 is 6.03 Å². The van der Waals surface area contributed by atoms with Crippen LogP contribution in [0.25, 0.3) is 0 Å². The van der Waals surface area contributed by atoms with Crippen molar-refractivity contribution < 1.29 is 19.1 Å². The van der Waals surface area contributed by atoms with E-state index in [1.165, 1.54) is 0 Å². The van der Waals surface area contributed by atoms with Gasteiger partial charge in [0.1, 0.15) is 0 Å². The molecule has 1 aliphatic heterocycles. The summed E-state index contributed by atoms with van der Waals surface area (Å²) in [5.74, 6) is 1.38. The van der Waals surface area contributed by atoms with Gasteiger partial charge in [-0.1, -0.05) is 6.92 Å². The summed E-state index contributed by atoms with van der Waals surface area (Å²) >= 11 is 0. The van der Waals surface area contributed by atoms with Gasteiger partial charge in [-0.3, -0.25) is 9.69 Å². The largest absolute Gasteiger partial charge is 0.454 e. The second-order valence-electron chi connectivity index (χ2n) is 6.20. The fraction of sp³-hybridized carbons (Fsp3) is 0.556. The zero-order valence-corrected chi connectivity index (χ0v) is 15.1. The minimum Gasteiger partial charge on any atom is -0.454 e. The molecule has 1 aromatic rings. The molecule has 7 heteroatoms. The number of nitrogens with one attached hydrogen (secondary N) is 2. The Labute approximate surface area is 148 Å². The molecule has 0 bridgehead atoms. The van der Waals surface area contributed by atoms with Crippen molar-refractivity contribution in [2.24, 2.45) is 0 Å². The third-order valence-electron chi connectivity index (χ3n) is 3.78. The molecule has 0 fully saturated rings. The molecule has 1 heterocycles. The van der Waals surface area contributed by atoms with Gasteiger partial charge in [0.15, 0.2) is 11.5 Å². The topological polar surface area (TPSA) is 79.9 Å². The zero-order valence-electron chi connectivity index (χ0n) is 15.1. The molecule has 2 N–H and O–H groups in total. The number of carbonyl (C=O) groups excluding carboxylic acids is 2. The van der Waals surface area contributed by atoms with Crippen LogP contribution in [-0.4, -0.2) is 37.9 Å². The molecule has 0 unspecified atom stereocenters. The van der Waals surface area contributed by atoms with Crippen molar-refractivity contribution in [3.8, 4) is 11.5 Å². The number of unbranched alkanes of at least 4 members (excludes halogenated alkanes) is 1. The van der Waals surface area contributed by atoms with Gasteiger partial charge in [-0.05, 0) is 38.8 Å². The van der Waals surface area contributed by atoms with E-state index in [4.69, 9.17) is 9.47 Å². The second-order valence-corrected chi connectivity index (χ2v) is 6.20. The molecule has 0 saturated carbocycles. The van der Waals surface area contributed by atoms with Crippen LogP contribution in [-0.2, 0) is 4.79 Å². The summed E-state index contributed by atoms with van der Waals surface area (Å²) in [6, 6.07) is 5.39. The van der Waals surface area contributed by atoms with E-state index in [0.717, 1.165) is 18.5 Å². The van der Waals surface area contributed by atoms with Crippen LogP contribution in [0.15, 0.2) is 18.2 Å². The third kappa shape index (κ3) is 5.55. The molecule has 138 valence electrons. The number of amides is 3. The molecule has 0 saturated heterocycles. The van der Waals surface area contributed by atoms with Gasteiger partial charge in [0.2, 0.25) is 12.7 Å². The molecular formula is C18H27N3O4. The molecule has 3 amide bonds. The Morgan fingerprint density at radius 1 is 1.20 bits per heavy atom. The summed E-state index contributed by atoms with van der Waals surface area (Å²) in [5.41, 5.74) is 0.764. The minimum absolute atomic E-state index is 0.0465. The number of anilines is 1. The Balaban J connectivity index is 1.98. The first-order valence-corrected chi connectivity index (χ1v) is 8.75. The normalized spacial score (nSPS) is 12.2. The van der Waals surface area contributed by atoms with Crippen molar-refractivity contribution >= 4 is 17.6 Å². The van der Waals surface area contributed by atoms with Gasteiger partial charge in [-0.15, -0.1) is 0 Å². The summed E-state index contributed by atoms with van der Waals surface area (Å²) in [5, 5.41) is 5.77. The summed E-state index contributed by atoms with van der Waals surface area (Å²) in [6.45, 7) is 7.06. The SMILES string of the molecule is CCC(=O)NCCCCN(C(=O)NC(C)C)c1ccc2c(c1)OCO2. The highest BCUT2D eigenvalue weighted by Gasteiger charge is 2.20. The molecule has 1 aliphatic rings. The van der Waals surface area contributed by atoms with E-state index in [0.29, 0.717) is 31.0 Å². The number of urea groups is 1. The van der Waals surface area contributed by atoms with Crippen LogP contribution in [0.4, 0.5) is 10.5 Å². The van der Waals surface area contributed by atoms with Crippen molar-refractivity contribution in [3.05, 3.63) is 18.2 Å². The smallest absolute Gasteiger partial charge is 0.322 e. The van der Waals surface area contributed by atoms with Crippen molar-refractivity contribution in [1.82, 2.24) is 10.6 Å². The Morgan fingerprint density at radius 3 is 2.68 bits per heavy atom. The van der Waals surface area contributed by atoms with Gasteiger partial charge in [0.25, 0.3) is 0 Å². The Kier molecular flexibility index (Phi) is 6.91. The highest BCUT2D eigenvalue weighted by Crippen LogP contribution is 2.35. The van der Waals surface area contributed by atoms with Gasteiger partial charge in [-0.2, -0.15) is 0 Å². The van der Waals surface area contributed by atoms with Crippen LogP contribution in [0, 0.1) is 0 Å². The first-order valence-electron chi connectivity index (χ1n) is 8.75. The number of nitrogens with zero attached hydrogens (tertiary/aromatic N) is 1. The first-order chi connectivity index (χ1) is 12.0. The Morgan fingerprint density at radius 2 is 1.96 bits per heavy atom. The van der Waals surface area contributed by atoms with Crippen LogP contribution in [0.3, 0.4) is 0 Å². The minimum atomic E-state index is -0.147. The van der Waals surface area contributed by atoms with Gasteiger partial charge in [0.05, 0.1) is 0 Å². The maximum absolute atomic E-state index is 12.5. The summed E-state index contributed by atoms with van der Waals surface area (Å²) in [7, 11) is 0. The molecule has 25 heavy (non-hydrogen) atoms. The summed E-state index contributed by atoms with van der Waals surface area (Å²) in [4.78, 5) is 25.5. The van der Waals surface area contributed by atoms with Crippen molar-refractivity contribution in [1.29, 1.82) is 0 Å². The number of rotatable bonds is 8. The van der Waals surface area contributed by atoms with E-state index in [2.05, 4.69) is 10.6 Å². The van der Waals surface area contributed by atoms with Crippen LogP contribution in [0.2, 0.25) is 0 Å². The lowest BCUT2D eigenvalue weighted by Gasteiger charge is -2.24. The van der Waals surface area contributed by atoms with E-state index in [1.54, 1.807) is 4.90 Å². The van der Waals surface area contributed by atoms with Crippen molar-refractivity contribution in [2.45, 2.75) is 46.1 Å². The number of carbonyl (C=O) groups is 2. The number of ether oxygens (including phenoxy) is 2. The molecule has 0 aromatic heterocycles. The molecular weight excluding hydrogens is 322 g/mol. The lowest BCUT2D eigenvalue weighted by atomic mass is 10.2. The number of benzene rings is 1. The van der Waals surface area contributed by atoms with E-state index in [-0.39, 0.29) is 24.8 Å². The molecule has 1 aromatic carbocycles. The van der Waals surface area contributed by atoms with E-state index < -0.39 is 0 Å². The van der Waals surface area contributed by atoms with E-state index in [1.807, 2.05) is 39.0 Å². The average Bonchev–Trinajstić information content (AvgIpc) is 3.04. The Hall–Kier alpha value is -2.44. The quantitative estimate of drug-likeness (QED) is 0.707. The molecule has 0 radical (unpaired) electrons. The van der Waals surface area contributed by atoms with Crippen LogP contribution >= 0.6 is 0 Å². The fourth-order valence-corrected chi connectivity index (χ4v) is 2.47. The van der Waals surface area contributed by atoms with Gasteiger partial charge < -0.3 is 20.1 Å². The number of fused-ring (bicyclic) bond motifs is 1. The number of hydrogen-bond acceptors (Lipinski definition) is 4. The third-order valence-corrected chi connectivity index (χ3v) is 3.78. The van der Waals surface area contributed by atoms with Gasteiger partial charge in [-0.25, -0.2) is 4.79 Å². The van der Waals surface area contributed by atoms with Crippen molar-refractivity contribution in [3.63, 3.8) is 0 Å². The molecule has 0 spiro atoms. The van der Waals surface area contributed by atoms with Crippen molar-refractivity contribution in [2.75, 3.05) is 24.8 Å². The standard InChI is InChI=1S/C18H27N3O4/c1-4-17(22)19-9-5-6-10-21(18(23)20-13(2)3)14-7-8-15-16(11-14)25-12-24-15/h7-8,11,13H,4-6,9-10,12H2,1-3H3,(H,19,22)(H,20,23). The van der Waals surface area contributed by atoms with Crippen LogP contribution in [0.5, 0.6) is 11.5 Å². The summed E-state index contributed by atoms with van der Waals surface area (Å²) < 4.78 is 10.7. The zero-order chi connectivity index (χ0) is 18.2. The molecule has 7 nitrogen and oxygen atoms in total. The Bertz CT molecular complexity index is 604. The monoisotopic (exact) mass is 349 g/mol. The second kappa shape index (κ2) is 9.15. The molecule has 2 rings (SSSR count). The van der Waals surface area contributed by atoms with E-state index in [9.17, 15) is 9.59 Å². The highest BCUT2D eigenvalue weighted by molar-refractivity contribution is 5.92. The van der Waals surface area contributed by atoms with Crippen LogP contribution < -0.4 is 25.0 Å². The first kappa shape index (κ1) is 18.9. The average molecular weight is 349 g/mol. The lowest BCUT2D eigenvalue weighted by molar-refractivity contribution is -0.120. The summed E-state index contributed by atoms with van der Waals surface area (Å²) in [6.07, 6.45) is 2.08. The maximum Gasteiger partial charge on any atom is 0.322 e. The van der Waals surface area contributed by atoms with Gasteiger partial charge in [0, 0.05) is 37.3 Å². The lowest BCUT2D eigenvalue weighted by Crippen LogP contribution is -2.43. The molecule has 0 atom stereocenters.